The lowest BCUT2D eigenvalue weighted by Gasteiger charge is -2.31. The fourth-order valence-electron chi connectivity index (χ4n) is 2.78. The molecule has 2 rings (SSSR count). The number of sulfonamides is 1. The van der Waals surface area contributed by atoms with Crippen molar-refractivity contribution < 1.29 is 8.42 Å². The molecule has 1 fully saturated rings. The van der Waals surface area contributed by atoms with Gasteiger partial charge < -0.3 is 5.32 Å². The van der Waals surface area contributed by atoms with Crippen LogP contribution in [-0.2, 0) is 16.6 Å². The molecule has 1 saturated heterocycles. The summed E-state index contributed by atoms with van der Waals surface area (Å²) in [5.41, 5.74) is 0.975. The molecule has 6 heteroatoms. The normalized spacial score (nSPS) is 20.6. The summed E-state index contributed by atoms with van der Waals surface area (Å²) in [4.78, 5) is 0.381. The molecule has 1 heterocycles. The first-order chi connectivity index (χ1) is 9.98. The average molecular weight is 375 g/mol. The maximum atomic E-state index is 12.9. The highest BCUT2D eigenvalue weighted by Gasteiger charge is 2.31. The Hall–Kier alpha value is -0.430. The molecule has 0 spiro atoms. The van der Waals surface area contributed by atoms with Crippen LogP contribution in [0.25, 0.3) is 0 Å². The van der Waals surface area contributed by atoms with Crippen LogP contribution in [0.5, 0.6) is 0 Å². The van der Waals surface area contributed by atoms with Gasteiger partial charge in [0.1, 0.15) is 0 Å². The molecular weight excluding hydrogens is 352 g/mol. The smallest absolute Gasteiger partial charge is 0.244 e. The first-order valence-corrected chi connectivity index (χ1v) is 9.65. The molecule has 0 bridgehead atoms. The lowest BCUT2D eigenvalue weighted by molar-refractivity contribution is 0.261. The van der Waals surface area contributed by atoms with Gasteiger partial charge >= 0.3 is 0 Å². The Morgan fingerprint density at radius 2 is 2.19 bits per heavy atom. The van der Waals surface area contributed by atoms with Gasteiger partial charge in [0, 0.05) is 24.1 Å². The minimum atomic E-state index is -3.42. The third kappa shape index (κ3) is 3.86. The molecule has 0 radical (unpaired) electrons. The Bertz CT molecular complexity index is 589. The first-order valence-electron chi connectivity index (χ1n) is 7.42. The Labute approximate surface area is 136 Å². The number of hydrogen-bond acceptors (Lipinski definition) is 3. The van der Waals surface area contributed by atoms with E-state index in [0.717, 1.165) is 24.8 Å². The summed E-state index contributed by atoms with van der Waals surface area (Å²) in [5.74, 6) is 0.479. The fraction of sp³-hybridized carbons (Fsp3) is 0.600. The number of nitrogens with one attached hydrogen (secondary N) is 1. The summed E-state index contributed by atoms with van der Waals surface area (Å²) in [5, 5.41) is 3.05. The largest absolute Gasteiger partial charge is 0.316 e. The van der Waals surface area contributed by atoms with Gasteiger partial charge in [-0.15, -0.1) is 0 Å². The van der Waals surface area contributed by atoms with Crippen molar-refractivity contribution in [2.75, 3.05) is 20.1 Å². The molecule has 1 aliphatic rings. The van der Waals surface area contributed by atoms with Crippen LogP contribution in [0.3, 0.4) is 0 Å². The van der Waals surface area contributed by atoms with Gasteiger partial charge in [0.05, 0.1) is 4.90 Å². The van der Waals surface area contributed by atoms with Crippen LogP contribution < -0.4 is 5.32 Å². The van der Waals surface area contributed by atoms with E-state index < -0.39 is 10.0 Å². The van der Waals surface area contributed by atoms with Crippen LogP contribution in [-0.4, -0.2) is 32.9 Å². The molecular formula is C15H23BrN2O2S. The summed E-state index contributed by atoms with van der Waals surface area (Å²) in [6.07, 6.45) is 3.11. The van der Waals surface area contributed by atoms with Crippen molar-refractivity contribution in [2.45, 2.75) is 37.6 Å². The molecule has 1 aromatic rings. The number of benzene rings is 1. The van der Waals surface area contributed by atoms with Crippen molar-refractivity contribution in [3.63, 3.8) is 0 Å². The maximum absolute atomic E-state index is 12.9. The molecule has 1 unspecified atom stereocenters. The fourth-order valence-corrected chi connectivity index (χ4v) is 5.31. The molecule has 4 nitrogen and oxygen atoms in total. The molecule has 0 saturated carbocycles. The maximum Gasteiger partial charge on any atom is 0.244 e. The zero-order chi connectivity index (χ0) is 15.5. The van der Waals surface area contributed by atoms with Crippen LogP contribution in [0.1, 0.15) is 31.7 Å². The van der Waals surface area contributed by atoms with E-state index >= 15 is 0 Å². The molecule has 1 N–H and O–H groups in total. The lowest BCUT2D eigenvalue weighted by Crippen LogP contribution is -2.39. The van der Waals surface area contributed by atoms with Crippen molar-refractivity contribution in [1.82, 2.24) is 9.62 Å². The highest BCUT2D eigenvalue weighted by Crippen LogP contribution is 2.30. The van der Waals surface area contributed by atoms with E-state index in [-0.39, 0.29) is 0 Å². The molecule has 21 heavy (non-hydrogen) atoms. The van der Waals surface area contributed by atoms with Gasteiger partial charge in [-0.2, -0.15) is 4.31 Å². The van der Waals surface area contributed by atoms with Crippen molar-refractivity contribution in [2.24, 2.45) is 5.92 Å². The van der Waals surface area contributed by atoms with Gasteiger partial charge in [0.2, 0.25) is 10.0 Å². The zero-order valence-corrected chi connectivity index (χ0v) is 15.0. The summed E-state index contributed by atoms with van der Waals surface area (Å²) in [6, 6.07) is 5.52. The quantitative estimate of drug-likeness (QED) is 0.861. The Morgan fingerprint density at radius 3 is 2.86 bits per heavy atom. The van der Waals surface area contributed by atoms with Crippen LogP contribution in [0, 0.1) is 5.92 Å². The first kappa shape index (κ1) is 16.9. The molecule has 1 aliphatic heterocycles. The van der Waals surface area contributed by atoms with E-state index in [4.69, 9.17) is 0 Å². The number of halogens is 1. The molecule has 0 amide bonds. The highest BCUT2D eigenvalue weighted by molar-refractivity contribution is 9.10. The van der Waals surface area contributed by atoms with Crippen LogP contribution in [0.15, 0.2) is 27.6 Å². The van der Waals surface area contributed by atoms with Crippen LogP contribution in [0.2, 0.25) is 0 Å². The number of piperidine rings is 1. The number of nitrogens with zero attached hydrogens (tertiary/aromatic N) is 1. The third-order valence-corrected chi connectivity index (χ3v) is 6.91. The van der Waals surface area contributed by atoms with Gasteiger partial charge in [-0.25, -0.2) is 8.42 Å². The number of rotatable bonds is 5. The Morgan fingerprint density at radius 1 is 1.43 bits per heavy atom. The van der Waals surface area contributed by atoms with E-state index in [2.05, 4.69) is 28.2 Å². The summed E-state index contributed by atoms with van der Waals surface area (Å²) < 4.78 is 28.1. The third-order valence-electron chi connectivity index (χ3n) is 4.05. The van der Waals surface area contributed by atoms with E-state index in [1.54, 1.807) is 10.4 Å². The topological polar surface area (TPSA) is 49.4 Å². The second-order valence-electron chi connectivity index (χ2n) is 5.57. The Kier molecular flexibility index (Phi) is 5.82. The number of hydrogen-bond donors (Lipinski definition) is 1. The van der Waals surface area contributed by atoms with Crippen molar-refractivity contribution in [3.05, 3.63) is 28.2 Å². The van der Waals surface area contributed by atoms with Crippen molar-refractivity contribution >= 4 is 26.0 Å². The van der Waals surface area contributed by atoms with E-state index in [1.165, 1.54) is 0 Å². The monoisotopic (exact) mass is 374 g/mol. The minimum absolute atomic E-state index is 0.381. The van der Waals surface area contributed by atoms with Crippen molar-refractivity contribution in [1.29, 1.82) is 0 Å². The van der Waals surface area contributed by atoms with Gasteiger partial charge in [-0.05, 0) is 59.4 Å². The van der Waals surface area contributed by atoms with Crippen molar-refractivity contribution in [3.8, 4) is 0 Å². The predicted octanol–water partition coefficient (Wildman–Crippen LogP) is 2.98. The molecule has 0 aliphatic carbocycles. The highest BCUT2D eigenvalue weighted by atomic mass is 79.9. The molecule has 1 aromatic carbocycles. The second-order valence-corrected chi connectivity index (χ2v) is 8.34. The summed E-state index contributed by atoms with van der Waals surface area (Å²) in [7, 11) is -1.56. The van der Waals surface area contributed by atoms with E-state index in [0.29, 0.717) is 34.9 Å². The summed E-state index contributed by atoms with van der Waals surface area (Å²) in [6.45, 7) is 4.06. The summed E-state index contributed by atoms with van der Waals surface area (Å²) >= 11 is 3.39. The molecule has 0 aromatic heterocycles. The van der Waals surface area contributed by atoms with Gasteiger partial charge in [0.25, 0.3) is 0 Å². The van der Waals surface area contributed by atoms with Gasteiger partial charge in [-0.1, -0.05) is 19.4 Å². The van der Waals surface area contributed by atoms with Gasteiger partial charge in [-0.3, -0.25) is 0 Å². The second kappa shape index (κ2) is 7.22. The molecule has 118 valence electrons. The van der Waals surface area contributed by atoms with Gasteiger partial charge in [0.15, 0.2) is 0 Å². The lowest BCUT2D eigenvalue weighted by atomic mass is 9.97. The average Bonchev–Trinajstić information content (AvgIpc) is 2.49. The Balaban J connectivity index is 2.32. The van der Waals surface area contributed by atoms with Crippen LogP contribution >= 0.6 is 15.9 Å². The van der Waals surface area contributed by atoms with E-state index in [9.17, 15) is 8.42 Å². The van der Waals surface area contributed by atoms with E-state index in [1.807, 2.05) is 19.2 Å². The minimum Gasteiger partial charge on any atom is -0.316 e. The molecule has 1 atom stereocenters. The SMILES string of the molecule is CCC1CCCN(S(=O)(=O)c2cc(CNC)ccc2Br)C1. The zero-order valence-electron chi connectivity index (χ0n) is 12.6. The standard InChI is InChI=1S/C15H23BrN2O2S/c1-3-12-5-4-8-18(11-12)21(19,20)15-9-13(10-17-2)6-7-14(15)16/h6-7,9,12,17H,3-5,8,10-11H2,1-2H3. The predicted molar refractivity (Wildman–Crippen MR) is 88.7 cm³/mol. The van der Waals surface area contributed by atoms with Crippen LogP contribution in [0.4, 0.5) is 0 Å².